The summed E-state index contributed by atoms with van der Waals surface area (Å²) in [7, 11) is 2.18. The average Bonchev–Trinajstić information content (AvgIpc) is 3.16. The lowest BCUT2D eigenvalue weighted by atomic mass is 10.0. The van der Waals surface area contributed by atoms with Crippen molar-refractivity contribution in [2.45, 2.75) is 31.8 Å². The third-order valence-corrected chi connectivity index (χ3v) is 6.43. The van der Waals surface area contributed by atoms with Crippen molar-refractivity contribution >= 4 is 16.6 Å². The van der Waals surface area contributed by atoms with Crippen LogP contribution in [0.15, 0.2) is 43.2 Å². The molecular weight excluding hydrogens is 372 g/mol. The van der Waals surface area contributed by atoms with Crippen LogP contribution in [0.2, 0.25) is 0 Å². The number of aromatic amines is 1. The fourth-order valence-corrected chi connectivity index (χ4v) is 4.42. The molecule has 2 aromatic heterocycles. The van der Waals surface area contributed by atoms with E-state index in [1.54, 1.807) is 0 Å². The Morgan fingerprint density at radius 1 is 1.13 bits per heavy atom. The number of hydrogen-bond acceptors (Lipinski definition) is 5. The van der Waals surface area contributed by atoms with Crippen LogP contribution in [0.25, 0.3) is 27.7 Å². The first-order valence-electron chi connectivity index (χ1n) is 10.9. The standard InChI is InChI=1S/C24H30N6/c1-17(26-21-6-10-29(2)11-7-21)24-22-13-19(4-5-23(22)27-28-24)20-12-18(14-25-15-20)16-30-8-3-9-30/h4-5,12-15,21,26H,1,3,6-11,16H2,2H3,(H,27,28). The Bertz CT molecular complexity index is 1040. The zero-order chi connectivity index (χ0) is 20.5. The maximum Gasteiger partial charge on any atom is 0.115 e. The molecule has 2 N–H and O–H groups in total. The van der Waals surface area contributed by atoms with Gasteiger partial charge in [0.15, 0.2) is 0 Å². The smallest absolute Gasteiger partial charge is 0.115 e. The molecule has 2 saturated heterocycles. The van der Waals surface area contributed by atoms with Gasteiger partial charge in [-0.3, -0.25) is 15.0 Å². The van der Waals surface area contributed by atoms with Crippen molar-refractivity contribution in [2.75, 3.05) is 33.2 Å². The Balaban J connectivity index is 1.38. The molecule has 0 unspecified atom stereocenters. The van der Waals surface area contributed by atoms with Crippen LogP contribution in [0.4, 0.5) is 0 Å². The van der Waals surface area contributed by atoms with Crippen molar-refractivity contribution in [1.82, 2.24) is 30.3 Å². The second kappa shape index (κ2) is 8.20. The number of fused-ring (bicyclic) bond motifs is 1. The molecule has 5 rings (SSSR count). The number of benzene rings is 1. The molecule has 0 aliphatic carbocycles. The normalized spacial score (nSPS) is 18.4. The molecule has 2 aliphatic rings. The summed E-state index contributed by atoms with van der Waals surface area (Å²) < 4.78 is 0. The molecule has 30 heavy (non-hydrogen) atoms. The van der Waals surface area contributed by atoms with Gasteiger partial charge in [-0.2, -0.15) is 5.10 Å². The lowest BCUT2D eigenvalue weighted by Gasteiger charge is -2.30. The molecular formula is C24H30N6. The minimum Gasteiger partial charge on any atom is -0.381 e. The first kappa shape index (κ1) is 19.3. The summed E-state index contributed by atoms with van der Waals surface area (Å²) in [6.07, 6.45) is 7.52. The van der Waals surface area contributed by atoms with E-state index in [-0.39, 0.29) is 0 Å². The Morgan fingerprint density at radius 2 is 1.97 bits per heavy atom. The molecule has 3 aromatic rings. The number of nitrogens with zero attached hydrogens (tertiary/aromatic N) is 4. The fourth-order valence-electron chi connectivity index (χ4n) is 4.42. The van der Waals surface area contributed by atoms with Crippen LogP contribution in [0.1, 0.15) is 30.5 Å². The van der Waals surface area contributed by atoms with Gasteiger partial charge in [-0.25, -0.2) is 0 Å². The Labute approximate surface area is 178 Å². The van der Waals surface area contributed by atoms with Gasteiger partial charge in [-0.15, -0.1) is 0 Å². The highest BCUT2D eigenvalue weighted by Gasteiger charge is 2.19. The van der Waals surface area contributed by atoms with E-state index in [2.05, 4.69) is 68.2 Å². The zero-order valence-corrected chi connectivity index (χ0v) is 17.7. The second-order valence-electron chi connectivity index (χ2n) is 8.74. The van der Waals surface area contributed by atoms with E-state index in [9.17, 15) is 0 Å². The summed E-state index contributed by atoms with van der Waals surface area (Å²) in [5.74, 6) is 0. The van der Waals surface area contributed by atoms with Crippen LogP contribution < -0.4 is 5.32 Å². The summed E-state index contributed by atoms with van der Waals surface area (Å²) in [6.45, 7) is 9.92. The molecule has 6 heteroatoms. The van der Waals surface area contributed by atoms with E-state index in [0.29, 0.717) is 6.04 Å². The number of nitrogens with one attached hydrogen (secondary N) is 2. The maximum absolute atomic E-state index is 4.57. The Hall–Kier alpha value is -2.70. The molecule has 4 heterocycles. The molecule has 0 atom stereocenters. The molecule has 2 fully saturated rings. The minimum absolute atomic E-state index is 0.464. The number of H-pyrrole nitrogens is 1. The van der Waals surface area contributed by atoms with Gasteiger partial charge in [-0.1, -0.05) is 12.6 Å². The Kier molecular flexibility index (Phi) is 5.27. The van der Waals surface area contributed by atoms with Gasteiger partial charge in [-0.05, 0) is 81.8 Å². The number of pyridine rings is 1. The highest BCUT2D eigenvalue weighted by molar-refractivity contribution is 5.92. The van der Waals surface area contributed by atoms with Gasteiger partial charge in [0.25, 0.3) is 0 Å². The predicted octanol–water partition coefficient (Wildman–Crippen LogP) is 3.49. The Morgan fingerprint density at radius 3 is 2.73 bits per heavy atom. The van der Waals surface area contributed by atoms with E-state index in [1.807, 2.05) is 12.4 Å². The fraction of sp³-hybridized carbons (Fsp3) is 0.417. The minimum atomic E-state index is 0.464. The van der Waals surface area contributed by atoms with Crippen molar-refractivity contribution < 1.29 is 0 Å². The first-order valence-corrected chi connectivity index (χ1v) is 10.9. The largest absolute Gasteiger partial charge is 0.381 e. The van der Waals surface area contributed by atoms with Gasteiger partial charge in [0.05, 0.1) is 11.2 Å². The van der Waals surface area contributed by atoms with Gasteiger partial charge >= 0.3 is 0 Å². The summed E-state index contributed by atoms with van der Waals surface area (Å²) in [4.78, 5) is 9.33. The molecule has 0 bridgehead atoms. The summed E-state index contributed by atoms with van der Waals surface area (Å²) in [5.41, 5.74) is 6.43. The van der Waals surface area contributed by atoms with Crippen molar-refractivity contribution in [3.05, 3.63) is 54.5 Å². The molecule has 0 amide bonds. The summed E-state index contributed by atoms with van der Waals surface area (Å²) >= 11 is 0. The molecule has 1 aromatic carbocycles. The van der Waals surface area contributed by atoms with Gasteiger partial charge in [0.2, 0.25) is 0 Å². The number of hydrogen-bond donors (Lipinski definition) is 2. The quantitative estimate of drug-likeness (QED) is 0.661. The van der Waals surface area contributed by atoms with Crippen LogP contribution >= 0.6 is 0 Å². The molecule has 0 spiro atoms. The highest BCUT2D eigenvalue weighted by atomic mass is 15.2. The van der Waals surface area contributed by atoms with E-state index in [4.69, 9.17) is 0 Å². The van der Waals surface area contributed by atoms with E-state index < -0.39 is 0 Å². The first-order chi connectivity index (χ1) is 14.7. The second-order valence-corrected chi connectivity index (χ2v) is 8.74. The third-order valence-electron chi connectivity index (χ3n) is 6.43. The van der Waals surface area contributed by atoms with Crippen molar-refractivity contribution in [3.8, 4) is 11.1 Å². The highest BCUT2D eigenvalue weighted by Crippen LogP contribution is 2.28. The van der Waals surface area contributed by atoms with Crippen molar-refractivity contribution in [3.63, 3.8) is 0 Å². The zero-order valence-electron chi connectivity index (χ0n) is 17.7. The van der Waals surface area contributed by atoms with Crippen molar-refractivity contribution in [1.29, 1.82) is 0 Å². The number of piperidine rings is 1. The molecule has 6 nitrogen and oxygen atoms in total. The lowest BCUT2D eigenvalue weighted by Crippen LogP contribution is -2.40. The topological polar surface area (TPSA) is 60.1 Å². The number of rotatable bonds is 6. The van der Waals surface area contributed by atoms with E-state index in [1.165, 1.54) is 25.1 Å². The lowest BCUT2D eigenvalue weighted by molar-refractivity contribution is 0.172. The van der Waals surface area contributed by atoms with Crippen LogP contribution in [0.5, 0.6) is 0 Å². The summed E-state index contributed by atoms with van der Waals surface area (Å²) in [5, 5.41) is 12.4. The van der Waals surface area contributed by atoms with Gasteiger partial charge < -0.3 is 10.2 Å². The molecule has 2 aliphatic heterocycles. The van der Waals surface area contributed by atoms with Crippen molar-refractivity contribution in [2.24, 2.45) is 0 Å². The van der Waals surface area contributed by atoms with Crippen LogP contribution in [-0.4, -0.2) is 64.2 Å². The predicted molar refractivity (Wildman–Crippen MR) is 122 cm³/mol. The van der Waals surface area contributed by atoms with E-state index >= 15 is 0 Å². The number of aromatic nitrogens is 3. The van der Waals surface area contributed by atoms with E-state index in [0.717, 1.165) is 65.9 Å². The summed E-state index contributed by atoms with van der Waals surface area (Å²) in [6, 6.07) is 9.18. The average molecular weight is 403 g/mol. The van der Waals surface area contributed by atoms with Gasteiger partial charge in [0.1, 0.15) is 5.69 Å². The molecule has 0 saturated carbocycles. The van der Waals surface area contributed by atoms with Crippen LogP contribution in [-0.2, 0) is 6.54 Å². The maximum atomic E-state index is 4.57. The third kappa shape index (κ3) is 3.98. The van der Waals surface area contributed by atoms with Crippen LogP contribution in [0.3, 0.4) is 0 Å². The molecule has 156 valence electrons. The van der Waals surface area contributed by atoms with Gasteiger partial charge in [0, 0.05) is 35.9 Å². The number of likely N-dealkylation sites (tertiary alicyclic amines) is 2. The molecule has 0 radical (unpaired) electrons. The van der Waals surface area contributed by atoms with Crippen LogP contribution in [0, 0.1) is 0 Å². The SMILES string of the molecule is C=C(NC1CCN(C)CC1)c1n[nH]c2ccc(-c3cncc(CN4CCC4)c3)cc12. The monoisotopic (exact) mass is 402 g/mol.